The number of nitrogens with zero attached hydrogens (tertiary/aromatic N) is 6. The van der Waals surface area contributed by atoms with Crippen molar-refractivity contribution in [3.63, 3.8) is 0 Å². The largest absolute Gasteiger partial charge is 0.306 e. The molecule has 3 heterocycles. The Morgan fingerprint density at radius 3 is 2.39 bits per heavy atom. The molecule has 0 aliphatic rings. The maximum atomic E-state index is 14.1. The van der Waals surface area contributed by atoms with Crippen molar-refractivity contribution in [1.82, 2.24) is 24.5 Å². The number of hydrogen-bond acceptors (Lipinski definition) is 4. The summed E-state index contributed by atoms with van der Waals surface area (Å²) in [6.45, 7) is 1.86. The summed E-state index contributed by atoms with van der Waals surface area (Å²) >= 11 is 0. The molecule has 0 aliphatic carbocycles. The van der Waals surface area contributed by atoms with Gasteiger partial charge in [0, 0.05) is 30.1 Å². The summed E-state index contributed by atoms with van der Waals surface area (Å²) in [7, 11) is 1.74. The molecule has 0 aliphatic heterocycles. The number of hydrogen-bond donors (Lipinski definition) is 0. The van der Waals surface area contributed by atoms with E-state index in [9.17, 15) is 13.6 Å². The van der Waals surface area contributed by atoms with Crippen LogP contribution in [0.5, 0.6) is 0 Å². The fourth-order valence-electron chi connectivity index (χ4n) is 4.28. The van der Waals surface area contributed by atoms with Gasteiger partial charge in [-0.15, -0.1) is 0 Å². The first-order valence-corrected chi connectivity index (χ1v) is 11.5. The average molecular weight is 487 g/mol. The SMILES string of the molecule is Cc1nn(CC(=O)N(Cc2ccccc2)c2ccccc2)c2nc(-c3cnn(C)c3)cc(C(F)F)c12. The molecule has 0 radical (unpaired) electrons. The number of aromatic nitrogens is 5. The summed E-state index contributed by atoms with van der Waals surface area (Å²) in [6, 6.07) is 20.4. The Morgan fingerprint density at radius 2 is 1.75 bits per heavy atom. The van der Waals surface area contributed by atoms with E-state index in [0.717, 1.165) is 11.3 Å². The lowest BCUT2D eigenvalue weighted by atomic mass is 10.1. The number of benzene rings is 2. The van der Waals surface area contributed by atoms with E-state index in [1.54, 1.807) is 35.9 Å². The van der Waals surface area contributed by atoms with Gasteiger partial charge in [0.1, 0.15) is 6.54 Å². The van der Waals surface area contributed by atoms with Gasteiger partial charge in [0.2, 0.25) is 5.91 Å². The highest BCUT2D eigenvalue weighted by molar-refractivity contribution is 5.94. The molecule has 9 heteroatoms. The van der Waals surface area contributed by atoms with Gasteiger partial charge in [-0.2, -0.15) is 10.2 Å². The number of alkyl halides is 2. The summed E-state index contributed by atoms with van der Waals surface area (Å²) < 4.78 is 31.2. The zero-order valence-corrected chi connectivity index (χ0v) is 19.8. The molecule has 1 amide bonds. The number of carbonyl (C=O) groups excluding carboxylic acids is 1. The third kappa shape index (κ3) is 4.59. The molecule has 0 bridgehead atoms. The zero-order valence-electron chi connectivity index (χ0n) is 19.8. The third-order valence-electron chi connectivity index (χ3n) is 5.98. The first-order chi connectivity index (χ1) is 17.4. The average Bonchev–Trinajstić information content (AvgIpc) is 3.46. The Morgan fingerprint density at radius 1 is 1.06 bits per heavy atom. The van der Waals surface area contributed by atoms with E-state index in [-0.39, 0.29) is 29.0 Å². The van der Waals surface area contributed by atoms with Crippen LogP contribution < -0.4 is 4.90 Å². The first kappa shape index (κ1) is 23.3. The number of anilines is 1. The fraction of sp³-hybridized carbons (Fsp3) is 0.185. The van der Waals surface area contributed by atoms with E-state index in [0.29, 0.717) is 23.5 Å². The van der Waals surface area contributed by atoms with E-state index < -0.39 is 6.43 Å². The summed E-state index contributed by atoms with van der Waals surface area (Å²) in [4.78, 5) is 19.9. The lowest BCUT2D eigenvalue weighted by Crippen LogP contribution is -2.33. The predicted octanol–water partition coefficient (Wildman–Crippen LogP) is 5.31. The minimum Gasteiger partial charge on any atom is -0.306 e. The van der Waals surface area contributed by atoms with Crippen LogP contribution in [0.2, 0.25) is 0 Å². The molecule has 3 aromatic heterocycles. The predicted molar refractivity (Wildman–Crippen MR) is 133 cm³/mol. The van der Waals surface area contributed by atoms with Crippen molar-refractivity contribution < 1.29 is 13.6 Å². The van der Waals surface area contributed by atoms with Crippen LogP contribution in [0.15, 0.2) is 79.1 Å². The van der Waals surface area contributed by atoms with Crippen molar-refractivity contribution in [1.29, 1.82) is 0 Å². The topological polar surface area (TPSA) is 68.8 Å². The van der Waals surface area contributed by atoms with Crippen LogP contribution in [0.25, 0.3) is 22.3 Å². The van der Waals surface area contributed by atoms with E-state index in [4.69, 9.17) is 0 Å². The number of rotatable bonds is 7. The van der Waals surface area contributed by atoms with Crippen molar-refractivity contribution in [3.8, 4) is 11.3 Å². The van der Waals surface area contributed by atoms with Gasteiger partial charge in [-0.1, -0.05) is 48.5 Å². The molecule has 0 fully saturated rings. The first-order valence-electron chi connectivity index (χ1n) is 11.5. The summed E-state index contributed by atoms with van der Waals surface area (Å²) in [5, 5.41) is 8.84. The second kappa shape index (κ2) is 9.69. The van der Waals surface area contributed by atoms with Gasteiger partial charge in [0.05, 0.1) is 29.5 Å². The number of carbonyl (C=O) groups is 1. The molecule has 5 aromatic rings. The van der Waals surface area contributed by atoms with Gasteiger partial charge in [0.25, 0.3) is 6.43 Å². The summed E-state index contributed by atoms with van der Waals surface area (Å²) in [5.41, 5.74) is 3.12. The molecule has 0 saturated heterocycles. The highest BCUT2D eigenvalue weighted by atomic mass is 19.3. The fourth-order valence-corrected chi connectivity index (χ4v) is 4.28. The van der Waals surface area contributed by atoms with Gasteiger partial charge in [-0.3, -0.25) is 9.48 Å². The molecule has 7 nitrogen and oxygen atoms in total. The third-order valence-corrected chi connectivity index (χ3v) is 5.98. The Kier molecular flexibility index (Phi) is 6.28. The lowest BCUT2D eigenvalue weighted by Gasteiger charge is -2.23. The molecule has 0 N–H and O–H groups in total. The van der Waals surface area contributed by atoms with Crippen molar-refractivity contribution in [2.24, 2.45) is 7.05 Å². The van der Waals surface area contributed by atoms with Crippen LogP contribution in [0.4, 0.5) is 14.5 Å². The minimum atomic E-state index is -2.73. The van der Waals surface area contributed by atoms with Gasteiger partial charge in [-0.25, -0.2) is 18.4 Å². The van der Waals surface area contributed by atoms with Crippen LogP contribution >= 0.6 is 0 Å². The van der Waals surface area contributed by atoms with Crippen LogP contribution in [0.3, 0.4) is 0 Å². The van der Waals surface area contributed by atoms with Gasteiger partial charge in [0.15, 0.2) is 5.65 Å². The Balaban J connectivity index is 1.56. The van der Waals surface area contributed by atoms with Gasteiger partial charge in [-0.05, 0) is 30.7 Å². The smallest absolute Gasteiger partial charge is 0.264 e. The van der Waals surface area contributed by atoms with Crippen LogP contribution in [-0.2, 0) is 24.9 Å². The zero-order chi connectivity index (χ0) is 25.2. The maximum Gasteiger partial charge on any atom is 0.264 e. The van der Waals surface area contributed by atoms with E-state index in [1.807, 2.05) is 60.7 Å². The number of amides is 1. The van der Waals surface area contributed by atoms with Crippen LogP contribution in [0, 0.1) is 6.92 Å². The number of fused-ring (bicyclic) bond motifs is 1. The van der Waals surface area contributed by atoms with Crippen molar-refractivity contribution in [3.05, 3.63) is 95.9 Å². The number of para-hydroxylation sites is 1. The molecule has 0 atom stereocenters. The Bertz CT molecular complexity index is 1510. The van der Waals surface area contributed by atoms with Crippen molar-refractivity contribution in [2.75, 3.05) is 4.90 Å². The molecule has 36 heavy (non-hydrogen) atoms. The van der Waals surface area contributed by atoms with Crippen LogP contribution in [-0.4, -0.2) is 30.5 Å². The highest BCUT2D eigenvalue weighted by Gasteiger charge is 2.24. The van der Waals surface area contributed by atoms with Gasteiger partial charge < -0.3 is 4.90 Å². The second-order valence-electron chi connectivity index (χ2n) is 8.54. The normalized spacial score (nSPS) is 11.4. The minimum absolute atomic E-state index is 0.155. The summed E-state index contributed by atoms with van der Waals surface area (Å²) in [5.74, 6) is -0.235. The standard InChI is InChI=1S/C27H24F2N6O/c1-18-25-22(26(28)29)13-23(20-14-30-33(2)16-20)31-27(25)35(32-18)17-24(36)34(21-11-7-4-8-12-21)15-19-9-5-3-6-10-19/h3-14,16,26H,15,17H2,1-2H3. The van der Waals surface area contributed by atoms with E-state index in [2.05, 4.69) is 15.2 Å². The second-order valence-corrected chi connectivity index (χ2v) is 8.54. The van der Waals surface area contributed by atoms with E-state index >= 15 is 0 Å². The van der Waals surface area contributed by atoms with Crippen LogP contribution in [0.1, 0.15) is 23.2 Å². The molecule has 5 rings (SSSR count). The van der Waals surface area contributed by atoms with Gasteiger partial charge >= 0.3 is 0 Å². The van der Waals surface area contributed by atoms with E-state index in [1.165, 1.54) is 10.7 Å². The lowest BCUT2D eigenvalue weighted by molar-refractivity contribution is -0.119. The molecule has 182 valence electrons. The molecular weight excluding hydrogens is 462 g/mol. The molecule has 0 unspecified atom stereocenters. The monoisotopic (exact) mass is 486 g/mol. The van der Waals surface area contributed by atoms with Crippen molar-refractivity contribution in [2.45, 2.75) is 26.4 Å². The number of halogens is 2. The molecular formula is C27H24F2N6O. The quantitative estimate of drug-likeness (QED) is 0.313. The Hall–Kier alpha value is -4.40. The Labute approximate surface area is 206 Å². The number of aryl methyl sites for hydroxylation is 2. The molecule has 0 spiro atoms. The number of pyridine rings is 1. The molecule has 2 aromatic carbocycles. The molecule has 0 saturated carbocycles. The maximum absolute atomic E-state index is 14.1. The highest BCUT2D eigenvalue weighted by Crippen LogP contribution is 2.33. The summed E-state index contributed by atoms with van der Waals surface area (Å²) in [6.07, 6.45) is 0.551. The van der Waals surface area contributed by atoms with Crippen molar-refractivity contribution >= 4 is 22.6 Å².